The summed E-state index contributed by atoms with van der Waals surface area (Å²) < 4.78 is 87.2. The molecule has 0 fully saturated rings. The highest BCUT2D eigenvalue weighted by Crippen LogP contribution is 2.51. The molecule has 0 bridgehead atoms. The van der Waals surface area contributed by atoms with E-state index in [1.807, 2.05) is 0 Å². The summed E-state index contributed by atoms with van der Waals surface area (Å²) in [6.07, 6.45) is -6.32. The van der Waals surface area contributed by atoms with Gasteiger partial charge < -0.3 is 0 Å². The number of hydrogen-bond acceptors (Lipinski definition) is 0. The molecule has 0 unspecified atom stereocenters. The Labute approximate surface area is 99.6 Å². The number of alkyl halides is 7. The molecular weight excluding hydrogens is 321 g/mol. The van der Waals surface area contributed by atoms with Gasteiger partial charge in [0.25, 0.3) is 0 Å². The van der Waals surface area contributed by atoms with Crippen LogP contribution in [0.2, 0.25) is 0 Å². The largest absolute Gasteiger partial charge is 0.460 e. The van der Waals surface area contributed by atoms with Crippen LogP contribution in [0.15, 0.2) is 28.7 Å². The molecule has 0 saturated heterocycles. The topological polar surface area (TPSA) is 0 Å². The summed E-state index contributed by atoms with van der Waals surface area (Å²) in [5, 5.41) is 0. The zero-order valence-corrected chi connectivity index (χ0v) is 9.42. The van der Waals surface area contributed by atoms with Gasteiger partial charge in [0.2, 0.25) is 0 Å². The lowest BCUT2D eigenvalue weighted by Crippen LogP contribution is -2.49. The van der Waals surface area contributed by atoms with E-state index in [9.17, 15) is 30.7 Å². The Morgan fingerprint density at radius 1 is 0.765 bits per heavy atom. The molecule has 0 spiro atoms. The molecule has 0 aromatic heterocycles. The van der Waals surface area contributed by atoms with Crippen molar-refractivity contribution < 1.29 is 30.7 Å². The molecule has 0 atom stereocenters. The van der Waals surface area contributed by atoms with Crippen LogP contribution in [0.1, 0.15) is 5.56 Å². The van der Waals surface area contributed by atoms with E-state index in [0.29, 0.717) is 12.1 Å². The third kappa shape index (κ3) is 2.41. The van der Waals surface area contributed by atoms with Crippen molar-refractivity contribution in [3.63, 3.8) is 0 Å². The second-order valence-electron chi connectivity index (χ2n) is 3.15. The summed E-state index contributed by atoms with van der Waals surface area (Å²) in [5.41, 5.74) is -1.40. The first-order valence-corrected chi connectivity index (χ1v) is 4.88. The summed E-state index contributed by atoms with van der Waals surface area (Å²) in [5.74, 6) is -11.4. The van der Waals surface area contributed by atoms with Gasteiger partial charge in [-0.1, -0.05) is 28.1 Å². The number of rotatable bonds is 2. The van der Waals surface area contributed by atoms with Gasteiger partial charge in [-0.05, 0) is 12.1 Å². The summed E-state index contributed by atoms with van der Waals surface area (Å²) in [6.45, 7) is 0. The first-order chi connectivity index (χ1) is 7.50. The molecule has 17 heavy (non-hydrogen) atoms. The van der Waals surface area contributed by atoms with Crippen LogP contribution in [0.25, 0.3) is 0 Å². The van der Waals surface area contributed by atoms with Crippen molar-refractivity contribution in [1.82, 2.24) is 0 Å². The van der Waals surface area contributed by atoms with E-state index in [0.717, 1.165) is 12.1 Å². The zero-order chi connectivity index (χ0) is 13.5. The average molecular weight is 325 g/mol. The van der Waals surface area contributed by atoms with Gasteiger partial charge in [0.05, 0.1) is 0 Å². The second-order valence-corrected chi connectivity index (χ2v) is 4.07. The van der Waals surface area contributed by atoms with E-state index in [-0.39, 0.29) is 4.47 Å². The van der Waals surface area contributed by atoms with Gasteiger partial charge in [-0.15, -0.1) is 0 Å². The molecule has 0 saturated carbocycles. The molecule has 0 amide bonds. The minimum absolute atomic E-state index is 0.285. The van der Waals surface area contributed by atoms with Crippen LogP contribution in [0, 0.1) is 0 Å². The summed E-state index contributed by atoms with van der Waals surface area (Å²) >= 11 is 2.85. The lowest BCUT2D eigenvalue weighted by molar-refractivity contribution is -0.359. The zero-order valence-electron chi connectivity index (χ0n) is 7.83. The fourth-order valence-corrected chi connectivity index (χ4v) is 1.28. The van der Waals surface area contributed by atoms with Gasteiger partial charge >= 0.3 is 18.0 Å². The summed E-state index contributed by atoms with van der Waals surface area (Å²) in [6, 6.07) is 2.92. The standard InChI is InChI=1S/C9H4BrF7/c10-6-3-1-5(2-4-6)7(11,12)8(13,14)9(15,16)17/h1-4H. The Hall–Kier alpha value is -0.790. The number of halogens is 8. The van der Waals surface area contributed by atoms with E-state index in [1.54, 1.807) is 0 Å². The molecule has 0 heterocycles. The maximum Gasteiger partial charge on any atom is 0.460 e. The van der Waals surface area contributed by atoms with Gasteiger partial charge in [0.15, 0.2) is 0 Å². The Kier molecular flexibility index (Phi) is 3.48. The van der Waals surface area contributed by atoms with Gasteiger partial charge in [-0.25, -0.2) is 0 Å². The SMILES string of the molecule is FC(F)(F)C(F)(F)C(F)(F)c1ccc(Br)cc1. The van der Waals surface area contributed by atoms with E-state index in [4.69, 9.17) is 0 Å². The van der Waals surface area contributed by atoms with Gasteiger partial charge in [0, 0.05) is 10.0 Å². The van der Waals surface area contributed by atoms with Crippen LogP contribution in [-0.2, 0) is 5.92 Å². The normalized spacial score (nSPS) is 13.9. The Bertz CT molecular complexity index is 393. The molecular formula is C9H4BrF7. The maximum absolute atomic E-state index is 13.1. The second kappa shape index (κ2) is 4.15. The molecule has 1 aromatic carbocycles. The minimum atomic E-state index is -6.32. The van der Waals surface area contributed by atoms with Crippen molar-refractivity contribution in [3.05, 3.63) is 34.3 Å². The van der Waals surface area contributed by atoms with E-state index in [2.05, 4.69) is 15.9 Å². The van der Waals surface area contributed by atoms with Crippen LogP contribution in [0.4, 0.5) is 30.7 Å². The Morgan fingerprint density at radius 3 is 1.53 bits per heavy atom. The first-order valence-electron chi connectivity index (χ1n) is 4.08. The predicted molar refractivity (Wildman–Crippen MR) is 49.0 cm³/mol. The van der Waals surface area contributed by atoms with Crippen molar-refractivity contribution in [1.29, 1.82) is 0 Å². The molecule has 1 rings (SSSR count). The van der Waals surface area contributed by atoms with Crippen molar-refractivity contribution >= 4 is 15.9 Å². The monoisotopic (exact) mass is 324 g/mol. The van der Waals surface area contributed by atoms with E-state index in [1.165, 1.54) is 0 Å². The lowest BCUT2D eigenvalue weighted by Gasteiger charge is -2.28. The molecule has 8 heteroatoms. The predicted octanol–water partition coefficient (Wildman–Crippen LogP) is 4.74. The molecule has 0 aliphatic rings. The van der Waals surface area contributed by atoms with Crippen molar-refractivity contribution in [3.8, 4) is 0 Å². The summed E-state index contributed by atoms with van der Waals surface area (Å²) in [7, 11) is 0. The number of hydrogen-bond donors (Lipinski definition) is 0. The third-order valence-corrected chi connectivity index (χ3v) is 2.49. The molecule has 0 aliphatic carbocycles. The van der Waals surface area contributed by atoms with Gasteiger partial charge in [-0.3, -0.25) is 0 Å². The maximum atomic E-state index is 13.1. The van der Waals surface area contributed by atoms with E-state index < -0.39 is 23.6 Å². The lowest BCUT2D eigenvalue weighted by atomic mass is 10.0. The molecule has 1 aromatic rings. The van der Waals surface area contributed by atoms with Gasteiger partial charge in [0.1, 0.15) is 0 Å². The molecule has 0 N–H and O–H groups in total. The quantitative estimate of drug-likeness (QED) is 0.689. The van der Waals surface area contributed by atoms with Crippen LogP contribution in [0.3, 0.4) is 0 Å². The fraction of sp³-hybridized carbons (Fsp3) is 0.333. The number of benzene rings is 1. The first kappa shape index (κ1) is 14.3. The van der Waals surface area contributed by atoms with Crippen molar-refractivity contribution in [2.24, 2.45) is 0 Å². The molecule has 0 radical (unpaired) electrons. The van der Waals surface area contributed by atoms with Gasteiger partial charge in [-0.2, -0.15) is 30.7 Å². The van der Waals surface area contributed by atoms with Crippen LogP contribution in [-0.4, -0.2) is 12.1 Å². The molecule has 0 nitrogen and oxygen atoms in total. The van der Waals surface area contributed by atoms with Crippen LogP contribution in [0.5, 0.6) is 0 Å². The highest BCUT2D eigenvalue weighted by Gasteiger charge is 2.73. The minimum Gasteiger partial charge on any atom is -0.194 e. The average Bonchev–Trinajstić information content (AvgIpc) is 2.16. The van der Waals surface area contributed by atoms with Crippen molar-refractivity contribution in [2.75, 3.05) is 0 Å². The van der Waals surface area contributed by atoms with Crippen LogP contribution >= 0.6 is 15.9 Å². The molecule has 96 valence electrons. The highest BCUT2D eigenvalue weighted by atomic mass is 79.9. The summed E-state index contributed by atoms with van der Waals surface area (Å²) in [4.78, 5) is 0. The van der Waals surface area contributed by atoms with Crippen LogP contribution < -0.4 is 0 Å². The molecule has 0 aliphatic heterocycles. The smallest absolute Gasteiger partial charge is 0.194 e. The fourth-order valence-electron chi connectivity index (χ4n) is 1.02. The highest BCUT2D eigenvalue weighted by molar-refractivity contribution is 9.10. The third-order valence-electron chi connectivity index (χ3n) is 1.96. The Morgan fingerprint density at radius 2 is 1.18 bits per heavy atom. The van der Waals surface area contributed by atoms with E-state index >= 15 is 0 Å². The van der Waals surface area contributed by atoms with Crippen molar-refractivity contribution in [2.45, 2.75) is 18.0 Å². The Balaban J connectivity index is 3.23.